The minimum atomic E-state index is -1.25. The topological polar surface area (TPSA) is 162 Å². The van der Waals surface area contributed by atoms with Crippen molar-refractivity contribution in [2.75, 3.05) is 46.5 Å². The number of amides is 2. The van der Waals surface area contributed by atoms with E-state index in [-0.39, 0.29) is 61.6 Å². The third-order valence-corrected chi connectivity index (χ3v) is 7.69. The highest BCUT2D eigenvalue weighted by molar-refractivity contribution is 5.79. The van der Waals surface area contributed by atoms with Gasteiger partial charge in [0, 0.05) is 70.2 Å². The Morgan fingerprint density at radius 3 is 2.62 bits per heavy atom. The van der Waals surface area contributed by atoms with E-state index in [0.29, 0.717) is 43.8 Å². The number of hydrogen-bond acceptors (Lipinski definition) is 9. The number of rotatable bonds is 7. The third kappa shape index (κ3) is 9.08. The molecule has 3 heterocycles. The predicted octanol–water partition coefficient (Wildman–Crippen LogP) is 0.621. The Kier molecular flexibility index (Phi) is 12.5. The van der Waals surface area contributed by atoms with Gasteiger partial charge in [0.25, 0.3) is 5.56 Å². The first-order valence-electron chi connectivity index (χ1n) is 14.8. The van der Waals surface area contributed by atoms with Crippen LogP contribution < -0.4 is 10.9 Å². The zero-order valence-electron chi connectivity index (χ0n) is 25.7. The van der Waals surface area contributed by atoms with Gasteiger partial charge in [-0.15, -0.1) is 0 Å². The van der Waals surface area contributed by atoms with Crippen molar-refractivity contribution in [2.45, 2.75) is 84.3 Å². The van der Waals surface area contributed by atoms with Crippen LogP contribution in [0.2, 0.25) is 0 Å². The maximum atomic E-state index is 13.8. The minimum Gasteiger partial charge on any atom is -0.388 e. The lowest BCUT2D eigenvalue weighted by Gasteiger charge is -2.38. The van der Waals surface area contributed by atoms with Gasteiger partial charge >= 0.3 is 0 Å². The average Bonchev–Trinajstić information content (AvgIpc) is 3.32. The Balaban J connectivity index is 1.82. The predicted molar refractivity (Wildman–Crippen MR) is 157 cm³/mol. The smallest absolute Gasteiger partial charge is 0.272 e. The van der Waals surface area contributed by atoms with Crippen LogP contribution in [0.5, 0.6) is 0 Å². The van der Waals surface area contributed by atoms with Crippen LogP contribution in [-0.4, -0.2) is 117 Å². The molecule has 0 aromatic carbocycles. The molecule has 3 rings (SSSR count). The lowest BCUT2D eigenvalue weighted by molar-refractivity contribution is -0.142. The lowest BCUT2D eigenvalue weighted by Crippen LogP contribution is -2.54. The molecule has 42 heavy (non-hydrogen) atoms. The van der Waals surface area contributed by atoms with Crippen molar-refractivity contribution in [3.63, 3.8) is 0 Å². The Bertz CT molecular complexity index is 1230. The van der Waals surface area contributed by atoms with Gasteiger partial charge in [-0.25, -0.2) is 9.50 Å². The fourth-order valence-electron chi connectivity index (χ4n) is 5.32. The summed E-state index contributed by atoms with van der Waals surface area (Å²) in [5.74, 6) is -0.103. The lowest BCUT2D eigenvalue weighted by atomic mass is 10.00. The van der Waals surface area contributed by atoms with Crippen LogP contribution in [0.4, 0.5) is 0 Å². The number of H-pyrrole nitrogens is 1. The summed E-state index contributed by atoms with van der Waals surface area (Å²) in [7, 11) is 1.43. The maximum absolute atomic E-state index is 13.8. The highest BCUT2D eigenvalue weighted by Crippen LogP contribution is 2.18. The van der Waals surface area contributed by atoms with E-state index in [4.69, 9.17) is 9.47 Å². The van der Waals surface area contributed by atoms with Gasteiger partial charge in [0.2, 0.25) is 11.8 Å². The van der Waals surface area contributed by atoms with E-state index in [2.05, 4.69) is 29.2 Å². The fourth-order valence-corrected chi connectivity index (χ4v) is 5.32. The standard InChI is InChI=1S/C29H48N6O7/c1-18(2)11-22-15-33(21(5)36)16-25(41-6)29(40)24(37)17-42-10-8-7-9-34(22)28(39)14-30-20(4)23-13-27(38)35-26(31-23)12-19(3)32-35/h12-13,18,20,22,24-25,29-30,32,37,40H,7-11,14-17H2,1-6H3/t20?,22-,24-,25-,29-/m1/s1. The van der Waals surface area contributed by atoms with Crippen LogP contribution >= 0.6 is 0 Å². The van der Waals surface area contributed by atoms with Crippen LogP contribution in [0.25, 0.3) is 5.65 Å². The molecule has 0 spiro atoms. The number of aliphatic hydroxyl groups is 2. The van der Waals surface area contributed by atoms with Crippen LogP contribution in [0.15, 0.2) is 16.9 Å². The molecule has 4 N–H and O–H groups in total. The monoisotopic (exact) mass is 592 g/mol. The van der Waals surface area contributed by atoms with Gasteiger partial charge in [0.1, 0.15) is 18.3 Å². The van der Waals surface area contributed by atoms with Crippen molar-refractivity contribution >= 4 is 17.5 Å². The number of aliphatic hydroxyl groups excluding tert-OH is 2. The van der Waals surface area contributed by atoms with E-state index in [1.165, 1.54) is 24.6 Å². The fraction of sp³-hybridized carbons (Fsp3) is 0.724. The average molecular weight is 593 g/mol. The summed E-state index contributed by atoms with van der Waals surface area (Å²) in [5.41, 5.74) is 1.64. The van der Waals surface area contributed by atoms with Crippen LogP contribution in [0, 0.1) is 12.8 Å². The van der Waals surface area contributed by atoms with Crippen molar-refractivity contribution in [3.8, 4) is 0 Å². The molecular weight excluding hydrogens is 544 g/mol. The second kappa shape index (κ2) is 15.6. The summed E-state index contributed by atoms with van der Waals surface area (Å²) < 4.78 is 12.4. The molecule has 2 aromatic heterocycles. The number of carbonyl (C=O) groups is 2. The molecule has 13 heteroatoms. The quantitative estimate of drug-likeness (QED) is 0.361. The highest BCUT2D eigenvalue weighted by atomic mass is 16.5. The molecule has 0 saturated carbocycles. The zero-order chi connectivity index (χ0) is 31.0. The van der Waals surface area contributed by atoms with Crippen molar-refractivity contribution in [3.05, 3.63) is 33.9 Å². The minimum absolute atomic E-state index is 0.0190. The normalized spacial score (nSPS) is 24.1. The van der Waals surface area contributed by atoms with E-state index < -0.39 is 18.3 Å². The molecule has 1 aliphatic heterocycles. The summed E-state index contributed by atoms with van der Waals surface area (Å²) in [4.78, 5) is 47.1. The number of aryl methyl sites for hydroxylation is 1. The highest BCUT2D eigenvalue weighted by Gasteiger charge is 2.33. The molecule has 236 valence electrons. The Morgan fingerprint density at radius 2 is 1.95 bits per heavy atom. The second-order valence-corrected chi connectivity index (χ2v) is 11.7. The molecule has 1 unspecified atom stereocenters. The Labute approximate surface area is 247 Å². The maximum Gasteiger partial charge on any atom is 0.272 e. The van der Waals surface area contributed by atoms with E-state index in [1.807, 2.05) is 18.7 Å². The van der Waals surface area contributed by atoms with E-state index >= 15 is 0 Å². The van der Waals surface area contributed by atoms with Crippen molar-refractivity contribution in [2.24, 2.45) is 5.92 Å². The summed E-state index contributed by atoms with van der Waals surface area (Å²) in [6, 6.07) is 2.60. The van der Waals surface area contributed by atoms with E-state index in [0.717, 1.165) is 5.69 Å². The summed E-state index contributed by atoms with van der Waals surface area (Å²) >= 11 is 0. The molecule has 1 saturated heterocycles. The van der Waals surface area contributed by atoms with Gasteiger partial charge in [-0.1, -0.05) is 13.8 Å². The molecule has 0 aliphatic carbocycles. The van der Waals surface area contributed by atoms with Gasteiger partial charge in [-0.2, -0.15) is 0 Å². The number of hydrogen-bond donors (Lipinski definition) is 4. The van der Waals surface area contributed by atoms with Crippen LogP contribution in [0.1, 0.15) is 64.4 Å². The molecule has 0 bridgehead atoms. The summed E-state index contributed by atoms with van der Waals surface area (Å²) in [6.07, 6.45) is -1.26. The van der Waals surface area contributed by atoms with E-state index in [9.17, 15) is 24.6 Å². The van der Waals surface area contributed by atoms with Gasteiger partial charge in [-0.05, 0) is 39.0 Å². The molecular formula is C29H48N6O7. The zero-order valence-corrected chi connectivity index (χ0v) is 25.7. The van der Waals surface area contributed by atoms with Gasteiger partial charge in [-0.3, -0.25) is 19.5 Å². The molecule has 0 radical (unpaired) electrons. The largest absolute Gasteiger partial charge is 0.388 e. The Morgan fingerprint density at radius 1 is 1.21 bits per heavy atom. The number of aromatic amines is 1. The van der Waals surface area contributed by atoms with Crippen molar-refractivity contribution in [1.82, 2.24) is 29.7 Å². The molecule has 2 aromatic rings. The van der Waals surface area contributed by atoms with Crippen molar-refractivity contribution < 1.29 is 29.3 Å². The molecule has 2 amide bonds. The molecule has 13 nitrogen and oxygen atoms in total. The number of ether oxygens (including phenoxy) is 2. The van der Waals surface area contributed by atoms with Crippen molar-refractivity contribution in [1.29, 1.82) is 0 Å². The number of fused-ring (bicyclic) bond motifs is 1. The number of nitrogens with zero attached hydrogens (tertiary/aromatic N) is 4. The van der Waals surface area contributed by atoms with Crippen LogP contribution in [-0.2, 0) is 19.1 Å². The molecule has 5 atom stereocenters. The number of methoxy groups -OCH3 is 1. The summed E-state index contributed by atoms with van der Waals surface area (Å²) in [6.45, 7) is 10.4. The first-order valence-corrected chi connectivity index (χ1v) is 14.8. The first-order chi connectivity index (χ1) is 19.9. The SMILES string of the molecule is CO[C@@H]1CN(C(C)=O)C[C@@H](CC(C)C)N(C(=O)CNC(C)c2cc(=O)n3[nH]c(C)cc3n2)CCCCOC[C@@H](O)[C@H]1O. The van der Waals surface area contributed by atoms with Gasteiger partial charge < -0.3 is 34.8 Å². The summed E-state index contributed by atoms with van der Waals surface area (Å²) in [5, 5.41) is 27.3. The van der Waals surface area contributed by atoms with Gasteiger partial charge in [0.15, 0.2) is 5.65 Å². The van der Waals surface area contributed by atoms with Crippen LogP contribution in [0.3, 0.4) is 0 Å². The number of aromatic nitrogens is 3. The van der Waals surface area contributed by atoms with Gasteiger partial charge in [0.05, 0.1) is 18.8 Å². The Hall–Kier alpha value is -2.84. The molecule has 1 fully saturated rings. The first kappa shape index (κ1) is 33.7. The number of nitrogens with one attached hydrogen (secondary N) is 2. The van der Waals surface area contributed by atoms with E-state index in [1.54, 1.807) is 11.0 Å². The molecule has 1 aliphatic rings. The number of carbonyl (C=O) groups excluding carboxylic acids is 2. The third-order valence-electron chi connectivity index (χ3n) is 7.69. The second-order valence-electron chi connectivity index (χ2n) is 11.7.